The van der Waals surface area contributed by atoms with Gasteiger partial charge in [0.15, 0.2) is 29.0 Å². The van der Waals surface area contributed by atoms with Crippen molar-refractivity contribution in [2.45, 2.75) is 50.6 Å². The van der Waals surface area contributed by atoms with Crippen LogP contribution in [0.15, 0.2) is 18.3 Å². The number of ether oxygens (including phenoxy) is 2. The highest BCUT2D eigenvalue weighted by Crippen LogP contribution is 2.26. The highest BCUT2D eigenvalue weighted by molar-refractivity contribution is 5.98. The van der Waals surface area contributed by atoms with E-state index >= 15 is 0 Å². The van der Waals surface area contributed by atoms with Crippen molar-refractivity contribution < 1.29 is 60.8 Å². The summed E-state index contributed by atoms with van der Waals surface area (Å²) in [6, 6.07) is -2.64. The van der Waals surface area contributed by atoms with E-state index in [1.54, 1.807) is 0 Å². The average Bonchev–Trinajstić information content (AvgIpc) is 2.96. The lowest BCUT2D eigenvalue weighted by Gasteiger charge is -2.37. The summed E-state index contributed by atoms with van der Waals surface area (Å²) in [5, 5.41) is 27.9. The number of nitrogens with zero attached hydrogens (tertiary/aromatic N) is 1. The topological polar surface area (TPSA) is 176 Å². The van der Waals surface area contributed by atoms with E-state index in [-0.39, 0.29) is 13.2 Å². The second-order valence-corrected chi connectivity index (χ2v) is 10.4. The molecule has 1 unspecified atom stereocenters. The van der Waals surface area contributed by atoms with E-state index < -0.39 is 118 Å². The average molecular weight is 631 g/mol. The van der Waals surface area contributed by atoms with Crippen LogP contribution < -0.4 is 16.0 Å². The van der Waals surface area contributed by atoms with E-state index in [0.717, 1.165) is 19.2 Å². The van der Waals surface area contributed by atoms with Gasteiger partial charge in [0.1, 0.15) is 23.9 Å². The number of carbonyl (C=O) groups is 4. The fourth-order valence-electron chi connectivity index (χ4n) is 4.69. The van der Waals surface area contributed by atoms with Crippen LogP contribution >= 0.6 is 0 Å². The Morgan fingerprint density at radius 2 is 1.61 bits per heavy atom. The number of amides is 3. The van der Waals surface area contributed by atoms with Crippen LogP contribution in [0.3, 0.4) is 0 Å². The molecular formula is C27H27F5N4O8. The van der Waals surface area contributed by atoms with E-state index in [2.05, 4.69) is 20.9 Å². The van der Waals surface area contributed by atoms with E-state index in [9.17, 15) is 51.3 Å². The van der Waals surface area contributed by atoms with Crippen LogP contribution in [0.1, 0.15) is 29.9 Å². The molecule has 2 aliphatic rings. The van der Waals surface area contributed by atoms with E-state index in [1.165, 1.54) is 13.0 Å². The molecule has 44 heavy (non-hydrogen) atoms. The van der Waals surface area contributed by atoms with Gasteiger partial charge in [0, 0.05) is 24.1 Å². The van der Waals surface area contributed by atoms with Gasteiger partial charge in [-0.3, -0.25) is 14.4 Å². The Morgan fingerprint density at radius 3 is 2.18 bits per heavy atom. The van der Waals surface area contributed by atoms with Crippen LogP contribution in [0, 0.1) is 40.9 Å². The largest absolute Gasteiger partial charge is 0.505 e. The summed E-state index contributed by atoms with van der Waals surface area (Å²) in [6.07, 6.45) is -3.60. The van der Waals surface area contributed by atoms with Crippen molar-refractivity contribution in [3.8, 4) is 5.75 Å². The number of carbonyl (C=O) groups excluding carboxylic acids is 4. The monoisotopic (exact) mass is 630 g/mol. The second-order valence-electron chi connectivity index (χ2n) is 10.4. The summed E-state index contributed by atoms with van der Waals surface area (Å²) in [6.45, 7) is 2.39. The lowest BCUT2D eigenvalue weighted by atomic mass is 9.90. The second kappa shape index (κ2) is 13.1. The van der Waals surface area contributed by atoms with Crippen molar-refractivity contribution >= 4 is 23.7 Å². The number of pyridine rings is 1. The van der Waals surface area contributed by atoms with Crippen LogP contribution in [0.25, 0.3) is 0 Å². The first-order chi connectivity index (χ1) is 20.7. The highest BCUT2D eigenvalue weighted by Gasteiger charge is 2.43. The molecule has 2 aromatic rings. The molecule has 1 aromatic heterocycles. The lowest BCUT2D eigenvalue weighted by molar-refractivity contribution is -0.163. The van der Waals surface area contributed by atoms with Crippen molar-refractivity contribution in [2.24, 2.45) is 11.8 Å². The minimum atomic E-state index is -2.43. The first-order valence-corrected chi connectivity index (χ1v) is 13.2. The van der Waals surface area contributed by atoms with Crippen molar-refractivity contribution in [2.75, 3.05) is 13.2 Å². The number of esters is 1. The summed E-state index contributed by atoms with van der Waals surface area (Å²) in [5.41, 5.74) is -1.93. The molecule has 0 bridgehead atoms. The number of aliphatic hydroxyl groups excluding tert-OH is 1. The number of hydrogen-bond donors (Lipinski definition) is 5. The van der Waals surface area contributed by atoms with E-state index in [0.29, 0.717) is 0 Å². The molecule has 3 amide bonds. The van der Waals surface area contributed by atoms with Gasteiger partial charge >= 0.3 is 5.97 Å². The molecule has 0 radical (unpaired) electrons. The van der Waals surface area contributed by atoms with E-state index in [1.807, 2.05) is 0 Å². The molecule has 3 heterocycles. The predicted molar refractivity (Wildman–Crippen MR) is 136 cm³/mol. The number of cyclic esters (lactones) is 1. The van der Waals surface area contributed by atoms with Gasteiger partial charge in [0.2, 0.25) is 17.6 Å². The first kappa shape index (κ1) is 32.5. The molecule has 12 nitrogen and oxygen atoms in total. The Bertz CT molecular complexity index is 1450. The molecule has 4 rings (SSSR count). The van der Waals surface area contributed by atoms with E-state index in [4.69, 9.17) is 9.47 Å². The Morgan fingerprint density at radius 1 is 1.00 bits per heavy atom. The fraction of sp³-hybridized carbons (Fsp3) is 0.444. The number of benzene rings is 1. The number of nitrogens with one attached hydrogen (secondary N) is 3. The minimum absolute atomic E-state index is 0.0356. The van der Waals surface area contributed by atoms with Crippen LogP contribution in [-0.2, 0) is 30.3 Å². The molecule has 2 fully saturated rings. The molecule has 0 saturated carbocycles. The molecule has 1 aromatic carbocycles. The minimum Gasteiger partial charge on any atom is -0.505 e. The zero-order valence-electron chi connectivity index (χ0n) is 23.1. The molecule has 0 aliphatic carbocycles. The Balaban J connectivity index is 1.75. The Hall–Kier alpha value is -4.38. The highest BCUT2D eigenvalue weighted by atomic mass is 19.2. The maximum Gasteiger partial charge on any atom is 0.329 e. The molecule has 238 valence electrons. The fourth-order valence-corrected chi connectivity index (χ4v) is 4.69. The van der Waals surface area contributed by atoms with Crippen molar-refractivity contribution in [3.05, 3.63) is 58.7 Å². The number of aliphatic hydroxyl groups is 1. The van der Waals surface area contributed by atoms with Gasteiger partial charge in [0.25, 0.3) is 5.91 Å². The first-order valence-electron chi connectivity index (χ1n) is 13.2. The SMILES string of the molecule is C[C@H]1OC(=O)C(C2COC2)NC(=O)[C@H](C)[C@H](O)[C@H](Cc2c(F)c(F)c(F)c(F)c2F)NC(=O)[C@H]1NC(=O)c1ncccc1O. The number of aromatic hydroxyl groups is 1. The van der Waals surface area contributed by atoms with Crippen LogP contribution in [-0.4, -0.2) is 82.4 Å². The zero-order chi connectivity index (χ0) is 32.5. The van der Waals surface area contributed by atoms with Gasteiger partial charge < -0.3 is 35.6 Å². The summed E-state index contributed by atoms with van der Waals surface area (Å²) < 4.78 is 81.3. The van der Waals surface area contributed by atoms with Crippen LogP contribution in [0.5, 0.6) is 5.75 Å². The quantitative estimate of drug-likeness (QED) is 0.135. The van der Waals surface area contributed by atoms with Crippen molar-refractivity contribution in [1.82, 2.24) is 20.9 Å². The number of rotatable bonds is 5. The number of halogens is 5. The molecule has 5 N–H and O–H groups in total. The third-order valence-electron chi connectivity index (χ3n) is 7.42. The van der Waals surface area contributed by atoms with Crippen LogP contribution in [0.4, 0.5) is 22.0 Å². The van der Waals surface area contributed by atoms with Gasteiger partial charge in [-0.1, -0.05) is 6.92 Å². The van der Waals surface area contributed by atoms with Crippen molar-refractivity contribution in [1.29, 1.82) is 0 Å². The number of aromatic nitrogens is 1. The van der Waals surface area contributed by atoms with Gasteiger partial charge in [0.05, 0.1) is 31.3 Å². The third kappa shape index (κ3) is 6.42. The zero-order valence-corrected chi connectivity index (χ0v) is 23.1. The predicted octanol–water partition coefficient (Wildman–Crippen LogP) is 0.382. The standard InChI is InChI=1S/C27H27F5N4O8/c1-9-23(38)13(6-12-15(28)17(30)19(32)18(31)16(12)29)34-25(40)20(35-26(41)22-14(37)4-3-5-33-22)10(2)44-27(42)21(36-24(9)39)11-7-43-8-11/h3-5,9-11,13,20-21,23,37-38H,6-8H2,1-2H3,(H,34,40)(H,35,41)(H,36,39)/t9-,10-,13+,20+,21?,23+/m1/s1. The smallest absolute Gasteiger partial charge is 0.329 e. The molecule has 2 aliphatic heterocycles. The van der Waals surface area contributed by atoms with Gasteiger partial charge in [-0.25, -0.2) is 31.7 Å². The summed E-state index contributed by atoms with van der Waals surface area (Å²) in [7, 11) is 0. The Labute approximate surface area is 245 Å². The van der Waals surface area contributed by atoms with Gasteiger partial charge in [-0.15, -0.1) is 0 Å². The molecule has 2 saturated heterocycles. The van der Waals surface area contributed by atoms with Gasteiger partial charge in [-0.05, 0) is 19.1 Å². The van der Waals surface area contributed by atoms with Gasteiger partial charge in [-0.2, -0.15) is 0 Å². The third-order valence-corrected chi connectivity index (χ3v) is 7.42. The summed E-state index contributed by atoms with van der Waals surface area (Å²) in [5.74, 6) is -18.5. The molecule has 6 atom stereocenters. The summed E-state index contributed by atoms with van der Waals surface area (Å²) in [4.78, 5) is 56.4. The molecular weight excluding hydrogens is 603 g/mol. The molecule has 0 spiro atoms. The summed E-state index contributed by atoms with van der Waals surface area (Å²) >= 11 is 0. The Kier molecular flexibility index (Phi) is 9.68. The lowest BCUT2D eigenvalue weighted by Crippen LogP contribution is -2.62. The normalized spacial score (nSPS) is 26.8. The number of hydrogen-bond acceptors (Lipinski definition) is 9. The van der Waals surface area contributed by atoms with Crippen molar-refractivity contribution in [3.63, 3.8) is 0 Å². The maximum atomic E-state index is 14.6. The van der Waals surface area contributed by atoms with Crippen LogP contribution in [0.2, 0.25) is 0 Å². The molecule has 17 heteroatoms. The maximum absolute atomic E-state index is 14.6.